The number of carbonyl (C=O) groups is 1. The van der Waals surface area contributed by atoms with Crippen molar-refractivity contribution in [2.75, 3.05) is 18.4 Å². The predicted octanol–water partition coefficient (Wildman–Crippen LogP) is 4.94. The van der Waals surface area contributed by atoms with Gasteiger partial charge in [-0.05, 0) is 49.2 Å². The molecule has 1 aromatic heterocycles. The lowest BCUT2D eigenvalue weighted by Crippen LogP contribution is -2.40. The molecule has 2 heterocycles. The second kappa shape index (κ2) is 7.98. The van der Waals surface area contributed by atoms with Gasteiger partial charge >= 0.3 is 6.03 Å². The van der Waals surface area contributed by atoms with Gasteiger partial charge in [-0.1, -0.05) is 28.9 Å². The molecule has 8 heteroatoms. The lowest BCUT2D eigenvalue weighted by Gasteiger charge is -2.30. The Bertz CT molecular complexity index is 968. The summed E-state index contributed by atoms with van der Waals surface area (Å²) < 4.78 is 19.1. The Kier molecular flexibility index (Phi) is 5.25. The first kappa shape index (κ1) is 18.4. The number of nitrogens with zero attached hydrogens (tertiary/aromatic N) is 3. The predicted molar refractivity (Wildman–Crippen MR) is 104 cm³/mol. The van der Waals surface area contributed by atoms with Gasteiger partial charge in [0.15, 0.2) is 0 Å². The molecule has 1 aliphatic heterocycles. The van der Waals surface area contributed by atoms with Crippen LogP contribution in [-0.4, -0.2) is 34.2 Å². The van der Waals surface area contributed by atoms with Crippen molar-refractivity contribution in [3.05, 3.63) is 65.3 Å². The van der Waals surface area contributed by atoms with Crippen LogP contribution in [0.2, 0.25) is 5.02 Å². The zero-order chi connectivity index (χ0) is 19.5. The molecule has 2 amide bonds. The molecule has 1 N–H and O–H groups in total. The molecule has 1 aliphatic rings. The van der Waals surface area contributed by atoms with E-state index >= 15 is 0 Å². The Morgan fingerprint density at radius 3 is 2.57 bits per heavy atom. The molecule has 0 spiro atoms. The smallest absolute Gasteiger partial charge is 0.321 e. The number of para-hydroxylation sites is 1. The molecule has 3 aromatic rings. The third-order valence-electron chi connectivity index (χ3n) is 4.79. The van der Waals surface area contributed by atoms with Crippen LogP contribution in [0.5, 0.6) is 0 Å². The Morgan fingerprint density at radius 2 is 1.86 bits per heavy atom. The topological polar surface area (TPSA) is 71.3 Å². The minimum Gasteiger partial charge on any atom is -0.339 e. The first-order valence-electron chi connectivity index (χ1n) is 9.00. The molecule has 0 bridgehead atoms. The zero-order valence-electron chi connectivity index (χ0n) is 14.9. The van der Waals surface area contributed by atoms with Crippen LogP contribution in [0.15, 0.2) is 53.1 Å². The third kappa shape index (κ3) is 3.99. The number of aromatic nitrogens is 2. The minimum atomic E-state index is -0.452. The lowest BCUT2D eigenvalue weighted by atomic mass is 9.97. The molecule has 2 aromatic carbocycles. The number of amides is 2. The van der Waals surface area contributed by atoms with E-state index in [2.05, 4.69) is 15.5 Å². The summed E-state index contributed by atoms with van der Waals surface area (Å²) in [6.45, 7) is 1.06. The molecular formula is C20H18ClFN4O2. The van der Waals surface area contributed by atoms with E-state index in [0.29, 0.717) is 42.7 Å². The second-order valence-electron chi connectivity index (χ2n) is 6.63. The SMILES string of the molecule is O=C(Nc1ccccc1F)N1CCC(c2nc(-c3ccc(Cl)cc3)no2)CC1. The molecule has 0 atom stereocenters. The van der Waals surface area contributed by atoms with Crippen molar-refractivity contribution in [3.8, 4) is 11.4 Å². The summed E-state index contributed by atoms with van der Waals surface area (Å²) in [4.78, 5) is 18.5. The molecule has 4 rings (SSSR count). The van der Waals surface area contributed by atoms with Gasteiger partial charge in [0.25, 0.3) is 0 Å². The molecule has 6 nitrogen and oxygen atoms in total. The summed E-state index contributed by atoms with van der Waals surface area (Å²) in [6, 6.07) is 13.0. The van der Waals surface area contributed by atoms with Gasteiger partial charge in [0.05, 0.1) is 5.69 Å². The van der Waals surface area contributed by atoms with Crippen molar-refractivity contribution in [3.63, 3.8) is 0 Å². The highest BCUT2D eigenvalue weighted by atomic mass is 35.5. The molecule has 0 aliphatic carbocycles. The standard InChI is InChI=1S/C20H18ClFN4O2/c21-15-7-5-13(6-8-15)18-24-19(28-25-18)14-9-11-26(12-10-14)20(27)23-17-4-2-1-3-16(17)22/h1-8,14H,9-12H2,(H,23,27). The number of piperidine rings is 1. The Labute approximate surface area is 166 Å². The number of carbonyl (C=O) groups excluding carboxylic acids is 1. The fourth-order valence-electron chi connectivity index (χ4n) is 3.20. The van der Waals surface area contributed by atoms with E-state index in [4.69, 9.17) is 16.1 Å². The normalized spacial score (nSPS) is 14.9. The largest absolute Gasteiger partial charge is 0.339 e. The number of hydrogen-bond acceptors (Lipinski definition) is 4. The second-order valence-corrected chi connectivity index (χ2v) is 7.07. The number of likely N-dealkylation sites (tertiary alicyclic amines) is 1. The van der Waals surface area contributed by atoms with Crippen LogP contribution in [0.4, 0.5) is 14.9 Å². The summed E-state index contributed by atoms with van der Waals surface area (Å²) in [5.74, 6) is 0.725. The van der Waals surface area contributed by atoms with Crippen molar-refractivity contribution in [1.29, 1.82) is 0 Å². The lowest BCUT2D eigenvalue weighted by molar-refractivity contribution is 0.187. The average Bonchev–Trinajstić information content (AvgIpc) is 3.20. The minimum absolute atomic E-state index is 0.0889. The first-order valence-corrected chi connectivity index (χ1v) is 9.38. The summed E-state index contributed by atoms with van der Waals surface area (Å²) in [5.41, 5.74) is 1.01. The number of urea groups is 1. The number of nitrogens with one attached hydrogen (secondary N) is 1. The van der Waals surface area contributed by atoms with Crippen molar-refractivity contribution in [2.24, 2.45) is 0 Å². The van der Waals surface area contributed by atoms with Crippen LogP contribution >= 0.6 is 11.6 Å². The summed E-state index contributed by atoms with van der Waals surface area (Å²) in [6.07, 6.45) is 1.40. The van der Waals surface area contributed by atoms with Gasteiger partial charge in [-0.25, -0.2) is 9.18 Å². The quantitative estimate of drug-likeness (QED) is 0.675. The molecule has 0 radical (unpaired) electrons. The highest BCUT2D eigenvalue weighted by Gasteiger charge is 2.28. The van der Waals surface area contributed by atoms with E-state index in [1.807, 2.05) is 12.1 Å². The van der Waals surface area contributed by atoms with Gasteiger partial charge in [0.1, 0.15) is 5.82 Å². The van der Waals surface area contributed by atoms with Crippen LogP contribution in [0, 0.1) is 5.82 Å². The number of benzene rings is 2. The van der Waals surface area contributed by atoms with Gasteiger partial charge in [-0.15, -0.1) is 0 Å². The highest BCUT2D eigenvalue weighted by molar-refractivity contribution is 6.30. The maximum atomic E-state index is 13.7. The summed E-state index contributed by atoms with van der Waals surface area (Å²) in [7, 11) is 0. The van der Waals surface area contributed by atoms with E-state index < -0.39 is 5.82 Å². The van der Waals surface area contributed by atoms with E-state index in [1.165, 1.54) is 12.1 Å². The fraction of sp³-hybridized carbons (Fsp3) is 0.250. The van der Waals surface area contributed by atoms with Crippen molar-refractivity contribution in [2.45, 2.75) is 18.8 Å². The van der Waals surface area contributed by atoms with Crippen LogP contribution < -0.4 is 5.32 Å². The molecule has 1 fully saturated rings. The van der Waals surface area contributed by atoms with E-state index in [-0.39, 0.29) is 17.6 Å². The number of anilines is 1. The molecule has 28 heavy (non-hydrogen) atoms. The molecule has 1 saturated heterocycles. The van der Waals surface area contributed by atoms with E-state index in [0.717, 1.165) is 5.56 Å². The van der Waals surface area contributed by atoms with Crippen molar-refractivity contribution >= 4 is 23.3 Å². The molecule has 0 saturated carbocycles. The number of halogens is 2. The first-order chi connectivity index (χ1) is 13.6. The Morgan fingerprint density at radius 1 is 1.14 bits per heavy atom. The van der Waals surface area contributed by atoms with Crippen LogP contribution in [0.25, 0.3) is 11.4 Å². The van der Waals surface area contributed by atoms with Gasteiger partial charge in [-0.2, -0.15) is 4.98 Å². The average molecular weight is 401 g/mol. The Balaban J connectivity index is 1.36. The van der Waals surface area contributed by atoms with Crippen LogP contribution in [0.1, 0.15) is 24.7 Å². The molecule has 0 unspecified atom stereocenters. The highest BCUT2D eigenvalue weighted by Crippen LogP contribution is 2.29. The number of hydrogen-bond donors (Lipinski definition) is 1. The van der Waals surface area contributed by atoms with Crippen LogP contribution in [0.3, 0.4) is 0 Å². The summed E-state index contributed by atoms with van der Waals surface area (Å²) in [5, 5.41) is 7.31. The van der Waals surface area contributed by atoms with Gasteiger partial charge < -0.3 is 14.7 Å². The maximum absolute atomic E-state index is 13.7. The van der Waals surface area contributed by atoms with E-state index in [9.17, 15) is 9.18 Å². The third-order valence-corrected chi connectivity index (χ3v) is 5.04. The molecule has 144 valence electrons. The van der Waals surface area contributed by atoms with Crippen molar-refractivity contribution < 1.29 is 13.7 Å². The maximum Gasteiger partial charge on any atom is 0.321 e. The van der Waals surface area contributed by atoms with E-state index in [1.54, 1.807) is 29.2 Å². The summed E-state index contributed by atoms with van der Waals surface area (Å²) >= 11 is 5.90. The van der Waals surface area contributed by atoms with Gasteiger partial charge in [0, 0.05) is 29.6 Å². The Hall–Kier alpha value is -2.93. The monoisotopic (exact) mass is 400 g/mol. The van der Waals surface area contributed by atoms with Crippen LogP contribution in [-0.2, 0) is 0 Å². The number of rotatable bonds is 3. The van der Waals surface area contributed by atoms with Gasteiger partial charge in [-0.3, -0.25) is 0 Å². The van der Waals surface area contributed by atoms with Crippen molar-refractivity contribution in [1.82, 2.24) is 15.0 Å². The zero-order valence-corrected chi connectivity index (χ0v) is 15.7. The molecular weight excluding hydrogens is 383 g/mol. The fourth-order valence-corrected chi connectivity index (χ4v) is 3.33. The van der Waals surface area contributed by atoms with Gasteiger partial charge in [0.2, 0.25) is 11.7 Å².